The van der Waals surface area contributed by atoms with E-state index >= 15 is 0 Å². The normalized spacial score (nSPS) is 13.9. The van der Waals surface area contributed by atoms with Gasteiger partial charge in [0.2, 0.25) is 0 Å². The number of alkyl halides is 2. The van der Waals surface area contributed by atoms with Crippen molar-refractivity contribution in [3.05, 3.63) is 35.9 Å². The summed E-state index contributed by atoms with van der Waals surface area (Å²) in [5, 5.41) is 8.96. The van der Waals surface area contributed by atoms with Crippen LogP contribution < -0.4 is 4.72 Å². The van der Waals surface area contributed by atoms with Crippen LogP contribution in [0, 0.1) is 0 Å². The Morgan fingerprint density at radius 1 is 1.24 bits per heavy atom. The van der Waals surface area contributed by atoms with Crippen molar-refractivity contribution in [2.24, 2.45) is 0 Å². The highest BCUT2D eigenvalue weighted by Crippen LogP contribution is 2.07. The average Bonchev–Trinajstić information content (AvgIpc) is 2.29. The lowest BCUT2D eigenvalue weighted by Gasteiger charge is -2.15. The van der Waals surface area contributed by atoms with Crippen LogP contribution in [0.1, 0.15) is 5.56 Å². The van der Waals surface area contributed by atoms with Crippen molar-refractivity contribution < 1.29 is 22.3 Å². The molecule has 0 unspecified atom stereocenters. The maximum Gasteiger partial charge on any atom is 0.350 e. The fraction of sp³-hybridized carbons (Fsp3) is 0.400. The van der Waals surface area contributed by atoms with Gasteiger partial charge in [0.05, 0.1) is 6.61 Å². The second kappa shape index (κ2) is 6.04. The molecule has 0 aliphatic heterocycles. The van der Waals surface area contributed by atoms with Crippen molar-refractivity contribution in [3.63, 3.8) is 0 Å². The van der Waals surface area contributed by atoms with Crippen molar-refractivity contribution in [3.8, 4) is 0 Å². The molecule has 2 N–H and O–H groups in total. The SMILES string of the molecule is O=S(=O)(N[C@@H](CO)Cc1ccccc1)C(F)F. The molecule has 1 atom stereocenters. The Hall–Kier alpha value is -1.05. The molecule has 0 radical (unpaired) electrons. The van der Waals surface area contributed by atoms with E-state index in [1.165, 1.54) is 0 Å². The van der Waals surface area contributed by atoms with E-state index in [1.54, 1.807) is 35.1 Å². The second-order valence-electron chi connectivity index (χ2n) is 3.49. The summed E-state index contributed by atoms with van der Waals surface area (Å²) in [7, 11) is -4.67. The molecular weight excluding hydrogens is 252 g/mol. The molecule has 1 rings (SSSR count). The van der Waals surface area contributed by atoms with E-state index < -0.39 is 28.4 Å². The number of halogens is 2. The molecule has 0 saturated heterocycles. The van der Waals surface area contributed by atoms with Gasteiger partial charge in [-0.1, -0.05) is 30.3 Å². The van der Waals surface area contributed by atoms with Gasteiger partial charge in [-0.2, -0.15) is 8.78 Å². The molecule has 0 fully saturated rings. The Balaban J connectivity index is 2.68. The van der Waals surface area contributed by atoms with E-state index in [2.05, 4.69) is 0 Å². The summed E-state index contributed by atoms with van der Waals surface area (Å²) in [4.78, 5) is 0. The minimum absolute atomic E-state index is 0.156. The Morgan fingerprint density at radius 3 is 2.29 bits per heavy atom. The van der Waals surface area contributed by atoms with Crippen LogP contribution in [-0.4, -0.2) is 31.9 Å². The highest BCUT2D eigenvalue weighted by Gasteiger charge is 2.26. The number of aliphatic hydroxyl groups is 1. The Morgan fingerprint density at radius 2 is 1.82 bits per heavy atom. The van der Waals surface area contributed by atoms with Gasteiger partial charge in [-0.25, -0.2) is 13.1 Å². The third kappa shape index (κ3) is 4.37. The van der Waals surface area contributed by atoms with Crippen molar-refractivity contribution >= 4 is 10.0 Å². The maximum absolute atomic E-state index is 12.1. The Kier molecular flexibility index (Phi) is 4.98. The van der Waals surface area contributed by atoms with Crippen LogP contribution in [0.2, 0.25) is 0 Å². The maximum atomic E-state index is 12.1. The molecule has 0 bridgehead atoms. The molecule has 0 aliphatic carbocycles. The van der Waals surface area contributed by atoms with Gasteiger partial charge in [0, 0.05) is 6.04 Å². The molecule has 0 heterocycles. The molecule has 0 amide bonds. The first-order valence-corrected chi connectivity index (χ1v) is 6.44. The summed E-state index contributed by atoms with van der Waals surface area (Å²) in [6.07, 6.45) is 0.156. The highest BCUT2D eigenvalue weighted by atomic mass is 32.2. The van der Waals surface area contributed by atoms with E-state index in [0.29, 0.717) is 0 Å². The number of hydrogen-bond donors (Lipinski definition) is 2. The zero-order chi connectivity index (χ0) is 12.9. The topological polar surface area (TPSA) is 66.4 Å². The van der Waals surface area contributed by atoms with Crippen LogP contribution in [0.3, 0.4) is 0 Å². The average molecular weight is 265 g/mol. The zero-order valence-electron chi connectivity index (χ0n) is 8.88. The number of aliphatic hydroxyl groups excluding tert-OH is 1. The molecule has 0 aromatic heterocycles. The molecule has 1 aromatic rings. The van der Waals surface area contributed by atoms with Crippen molar-refractivity contribution in [2.45, 2.75) is 18.2 Å². The Bertz CT molecular complexity index is 436. The van der Waals surface area contributed by atoms with E-state index in [1.807, 2.05) is 0 Å². The van der Waals surface area contributed by atoms with E-state index in [-0.39, 0.29) is 6.42 Å². The largest absolute Gasteiger partial charge is 0.395 e. The monoisotopic (exact) mass is 265 g/mol. The number of benzene rings is 1. The number of sulfonamides is 1. The van der Waals surface area contributed by atoms with Crippen molar-refractivity contribution in [1.29, 1.82) is 0 Å². The number of rotatable bonds is 6. The number of hydrogen-bond acceptors (Lipinski definition) is 3. The van der Waals surface area contributed by atoms with Gasteiger partial charge in [-0.05, 0) is 12.0 Å². The lowest BCUT2D eigenvalue weighted by atomic mass is 10.1. The van der Waals surface area contributed by atoms with Gasteiger partial charge in [-0.3, -0.25) is 0 Å². The van der Waals surface area contributed by atoms with E-state index in [4.69, 9.17) is 5.11 Å². The molecule has 17 heavy (non-hydrogen) atoms. The van der Waals surface area contributed by atoms with Gasteiger partial charge in [0.15, 0.2) is 0 Å². The van der Waals surface area contributed by atoms with Crippen LogP contribution in [0.4, 0.5) is 8.78 Å². The third-order valence-electron chi connectivity index (χ3n) is 2.11. The first kappa shape index (κ1) is 14.0. The van der Waals surface area contributed by atoms with Crippen LogP contribution in [0.15, 0.2) is 30.3 Å². The van der Waals surface area contributed by atoms with Crippen LogP contribution in [-0.2, 0) is 16.4 Å². The fourth-order valence-corrected chi connectivity index (χ4v) is 2.05. The minimum Gasteiger partial charge on any atom is -0.395 e. The van der Waals surface area contributed by atoms with Crippen LogP contribution >= 0.6 is 0 Å². The summed E-state index contributed by atoms with van der Waals surface area (Å²) in [6, 6.07) is 7.76. The zero-order valence-corrected chi connectivity index (χ0v) is 9.70. The molecule has 7 heteroatoms. The third-order valence-corrected chi connectivity index (χ3v) is 3.24. The highest BCUT2D eigenvalue weighted by molar-refractivity contribution is 7.89. The predicted molar refractivity (Wildman–Crippen MR) is 59.1 cm³/mol. The van der Waals surface area contributed by atoms with E-state index in [9.17, 15) is 17.2 Å². The first-order chi connectivity index (χ1) is 7.95. The van der Waals surface area contributed by atoms with Gasteiger partial charge in [0.25, 0.3) is 10.0 Å². The lowest BCUT2D eigenvalue weighted by Crippen LogP contribution is -2.41. The molecule has 4 nitrogen and oxygen atoms in total. The fourth-order valence-electron chi connectivity index (χ4n) is 1.33. The molecule has 1 aromatic carbocycles. The van der Waals surface area contributed by atoms with Gasteiger partial charge >= 0.3 is 5.76 Å². The molecule has 0 saturated carbocycles. The summed E-state index contributed by atoms with van der Waals surface area (Å²) < 4.78 is 47.8. The second-order valence-corrected chi connectivity index (χ2v) is 5.17. The van der Waals surface area contributed by atoms with E-state index in [0.717, 1.165) is 5.56 Å². The van der Waals surface area contributed by atoms with Gasteiger partial charge in [0.1, 0.15) is 0 Å². The van der Waals surface area contributed by atoms with Crippen molar-refractivity contribution in [2.75, 3.05) is 6.61 Å². The smallest absolute Gasteiger partial charge is 0.350 e. The quantitative estimate of drug-likeness (QED) is 0.797. The van der Waals surface area contributed by atoms with Crippen LogP contribution in [0.5, 0.6) is 0 Å². The standard InChI is InChI=1S/C10H13F2NO3S/c11-10(12)17(15,16)13-9(7-14)6-8-4-2-1-3-5-8/h1-5,9-10,13-14H,6-7H2/t9-/m1/s1. The van der Waals surface area contributed by atoms with Gasteiger partial charge < -0.3 is 5.11 Å². The van der Waals surface area contributed by atoms with Crippen LogP contribution in [0.25, 0.3) is 0 Å². The first-order valence-electron chi connectivity index (χ1n) is 4.90. The molecule has 0 aliphatic rings. The molecule has 96 valence electrons. The summed E-state index contributed by atoms with van der Waals surface area (Å²) >= 11 is 0. The number of nitrogens with one attached hydrogen (secondary N) is 1. The lowest BCUT2D eigenvalue weighted by molar-refractivity contribution is 0.223. The Labute approximate surface area is 98.3 Å². The summed E-state index contributed by atoms with van der Waals surface area (Å²) in [5.74, 6) is -3.49. The minimum atomic E-state index is -4.67. The summed E-state index contributed by atoms with van der Waals surface area (Å²) in [6.45, 7) is -0.541. The summed E-state index contributed by atoms with van der Waals surface area (Å²) in [5.41, 5.74) is 0.753. The van der Waals surface area contributed by atoms with Crippen molar-refractivity contribution in [1.82, 2.24) is 4.72 Å². The van der Waals surface area contributed by atoms with Gasteiger partial charge in [-0.15, -0.1) is 0 Å². The molecule has 0 spiro atoms. The molecular formula is C10H13F2NO3S. The predicted octanol–water partition coefficient (Wildman–Crippen LogP) is 0.732.